The van der Waals surface area contributed by atoms with Gasteiger partial charge in [-0.15, -0.1) is 0 Å². The van der Waals surface area contributed by atoms with Crippen LogP contribution in [0.4, 0.5) is 4.79 Å². The van der Waals surface area contributed by atoms with Crippen LogP contribution in [0.2, 0.25) is 0 Å². The van der Waals surface area contributed by atoms with E-state index in [1.54, 1.807) is 103 Å². The summed E-state index contributed by atoms with van der Waals surface area (Å²) in [5.74, 6) is -7.81. The molecule has 0 saturated carbocycles. The number of alkyl carbamates (subject to hydrolysis) is 1. The molecule has 0 saturated heterocycles. The first-order valence-corrected chi connectivity index (χ1v) is 24.3. The Hall–Kier alpha value is -7.02. The lowest BCUT2D eigenvalue weighted by molar-refractivity contribution is -0.148. The number of hydrogen-bond acceptors (Lipinski definition) is 12. The SMILES string of the molecule is CC(C)C[C@H](NC(=O)[C@H](CCC(=O)OCc1ccccc1)NC(=O)OC(C)(C)C)C(=O)N[C@H](CC(C)C)C(=O)N[C@H](C(=O)N[C@@H](CC(=O)OCc1ccccc1)C(=O)N[C@H](CC(C)C)C(=O)N=[N+]=[N-])C(C)C. The average molecular weight is 1010 g/mol. The summed E-state index contributed by atoms with van der Waals surface area (Å²) in [6, 6.07) is 9.56. The van der Waals surface area contributed by atoms with Crippen LogP contribution in [0.3, 0.4) is 0 Å². The van der Waals surface area contributed by atoms with Crippen LogP contribution in [-0.2, 0) is 65.8 Å². The second kappa shape index (κ2) is 30.7. The molecule has 0 aliphatic rings. The van der Waals surface area contributed by atoms with Crippen molar-refractivity contribution in [3.63, 3.8) is 0 Å². The fourth-order valence-electron chi connectivity index (χ4n) is 7.04. The number of ether oxygens (including phenoxy) is 3. The lowest BCUT2D eigenvalue weighted by Gasteiger charge is -2.29. The van der Waals surface area contributed by atoms with Gasteiger partial charge in [-0.1, -0.05) is 116 Å². The molecule has 21 heteroatoms. The zero-order chi connectivity index (χ0) is 54.1. The molecule has 7 amide bonds. The molecule has 2 rings (SSSR count). The van der Waals surface area contributed by atoms with Gasteiger partial charge in [0.2, 0.25) is 35.4 Å². The summed E-state index contributed by atoms with van der Waals surface area (Å²) in [6.45, 7) is 18.8. The minimum absolute atomic E-state index is 0.00651. The standard InChI is InChI=1S/C51H75N9O12/c1-30(2)24-37(53-44(63)36(57-50(69)72-51(9,10)11)22-23-41(61)70-28-34-18-14-12-15-19-34)45(64)54-38(25-31(3)4)47(66)58-43(33(7)8)49(68)56-40(27-42(62)71-29-35-20-16-13-17-21-35)46(65)55-39(26-32(5)6)48(67)59-60-52/h12-21,30-33,36-40,43H,22-29H2,1-11H3,(H,53,63)(H,54,64)(H,55,65)(H,56,68)(H,57,69)(H,58,66)/t36-,37-,38+,39+,40-,43-/m0/s1. The van der Waals surface area contributed by atoms with Crippen LogP contribution in [0.5, 0.6) is 0 Å². The number of nitrogens with one attached hydrogen (secondary N) is 6. The number of benzene rings is 2. The molecule has 0 aliphatic carbocycles. The van der Waals surface area contributed by atoms with E-state index in [9.17, 15) is 43.2 Å². The number of carbonyl (C=O) groups is 9. The molecule has 2 aromatic carbocycles. The topological polar surface area (TPSA) is 302 Å². The fraction of sp³-hybridized carbons (Fsp3) is 0.588. The van der Waals surface area contributed by atoms with Gasteiger partial charge in [0, 0.05) is 11.3 Å². The number of esters is 2. The van der Waals surface area contributed by atoms with E-state index in [0.29, 0.717) is 5.56 Å². The van der Waals surface area contributed by atoms with Crippen molar-refractivity contribution >= 4 is 53.5 Å². The third-order valence-corrected chi connectivity index (χ3v) is 10.5. The molecule has 6 atom stereocenters. The molecule has 0 heterocycles. The summed E-state index contributed by atoms with van der Waals surface area (Å²) in [7, 11) is 0. The lowest BCUT2D eigenvalue weighted by Crippen LogP contribution is -2.61. The summed E-state index contributed by atoms with van der Waals surface area (Å²) in [5.41, 5.74) is 9.40. The van der Waals surface area contributed by atoms with Crippen molar-refractivity contribution in [2.24, 2.45) is 28.8 Å². The molecule has 6 N–H and O–H groups in total. The predicted molar refractivity (Wildman–Crippen MR) is 266 cm³/mol. The van der Waals surface area contributed by atoms with Gasteiger partial charge in [-0.3, -0.25) is 38.4 Å². The third-order valence-electron chi connectivity index (χ3n) is 10.5. The summed E-state index contributed by atoms with van der Waals surface area (Å²) < 4.78 is 16.2. The van der Waals surface area contributed by atoms with Gasteiger partial charge in [0.05, 0.1) is 12.5 Å². The zero-order valence-corrected chi connectivity index (χ0v) is 43.4. The van der Waals surface area contributed by atoms with Crippen LogP contribution in [0.1, 0.15) is 126 Å². The molecule has 0 spiro atoms. The Morgan fingerprint density at radius 3 is 1.42 bits per heavy atom. The Morgan fingerprint density at radius 2 is 0.958 bits per heavy atom. The normalized spacial score (nSPS) is 13.8. The molecule has 72 heavy (non-hydrogen) atoms. The lowest BCUT2D eigenvalue weighted by atomic mass is 9.98. The molecule has 0 radical (unpaired) electrons. The van der Waals surface area contributed by atoms with Crippen molar-refractivity contribution in [2.75, 3.05) is 0 Å². The van der Waals surface area contributed by atoms with Gasteiger partial charge in [-0.2, -0.15) is 0 Å². The van der Waals surface area contributed by atoms with Gasteiger partial charge in [0.1, 0.15) is 49.0 Å². The molecule has 0 fully saturated rings. The van der Waals surface area contributed by atoms with Crippen molar-refractivity contribution in [3.8, 4) is 0 Å². The van der Waals surface area contributed by atoms with Crippen LogP contribution in [0.25, 0.3) is 10.4 Å². The fourth-order valence-corrected chi connectivity index (χ4v) is 7.04. The average Bonchev–Trinajstić information content (AvgIpc) is 3.29. The molecule has 21 nitrogen and oxygen atoms in total. The van der Waals surface area contributed by atoms with Crippen molar-refractivity contribution in [1.82, 2.24) is 31.9 Å². The maximum Gasteiger partial charge on any atom is 0.408 e. The summed E-state index contributed by atoms with van der Waals surface area (Å²) in [5, 5.41) is 18.7. The molecule has 0 bridgehead atoms. The van der Waals surface area contributed by atoms with E-state index >= 15 is 0 Å². The highest BCUT2D eigenvalue weighted by molar-refractivity contribution is 5.98. The highest BCUT2D eigenvalue weighted by Crippen LogP contribution is 2.15. The van der Waals surface area contributed by atoms with Gasteiger partial charge in [0.25, 0.3) is 0 Å². The van der Waals surface area contributed by atoms with Crippen molar-refractivity contribution in [1.29, 1.82) is 0 Å². The second-order valence-electron chi connectivity index (χ2n) is 20.1. The molecule has 2 aromatic rings. The van der Waals surface area contributed by atoms with Crippen molar-refractivity contribution < 1.29 is 57.4 Å². The van der Waals surface area contributed by atoms with E-state index in [-0.39, 0.29) is 63.1 Å². The highest BCUT2D eigenvalue weighted by atomic mass is 16.6. The molecule has 0 unspecified atom stereocenters. The minimum atomic E-state index is -1.63. The molecular formula is C51H75N9O12. The Morgan fingerprint density at radius 1 is 0.542 bits per heavy atom. The Bertz CT molecular complexity index is 2170. The number of carbonyl (C=O) groups excluding carboxylic acids is 9. The number of rotatable bonds is 28. The van der Waals surface area contributed by atoms with Gasteiger partial charge >= 0.3 is 18.0 Å². The number of nitrogens with zero attached hydrogens (tertiary/aromatic N) is 3. The maximum atomic E-state index is 14.2. The van der Waals surface area contributed by atoms with Crippen LogP contribution < -0.4 is 31.9 Å². The highest BCUT2D eigenvalue weighted by Gasteiger charge is 2.36. The monoisotopic (exact) mass is 1010 g/mol. The Labute approximate surface area is 422 Å². The summed E-state index contributed by atoms with van der Waals surface area (Å²) in [6.07, 6.45) is -1.88. The zero-order valence-electron chi connectivity index (χ0n) is 43.4. The Balaban J connectivity index is 2.37. The first-order valence-electron chi connectivity index (χ1n) is 24.3. The van der Waals surface area contributed by atoms with Crippen LogP contribution in [0.15, 0.2) is 65.8 Å². The number of hydrogen-bond donors (Lipinski definition) is 6. The Kier molecular flexibility index (Phi) is 26.0. The second-order valence-corrected chi connectivity index (χ2v) is 20.1. The maximum absolute atomic E-state index is 14.2. The van der Waals surface area contributed by atoms with Crippen LogP contribution >= 0.6 is 0 Å². The summed E-state index contributed by atoms with van der Waals surface area (Å²) in [4.78, 5) is 124. The van der Waals surface area contributed by atoms with Gasteiger partial charge < -0.3 is 46.1 Å². The van der Waals surface area contributed by atoms with Crippen molar-refractivity contribution in [2.45, 2.75) is 170 Å². The van der Waals surface area contributed by atoms with Crippen LogP contribution in [0, 0.1) is 23.7 Å². The van der Waals surface area contributed by atoms with E-state index in [1.165, 1.54) is 0 Å². The van der Waals surface area contributed by atoms with E-state index in [4.69, 9.17) is 19.7 Å². The first-order chi connectivity index (χ1) is 33.8. The molecule has 396 valence electrons. The molecule has 0 aliphatic heterocycles. The van der Waals surface area contributed by atoms with Crippen LogP contribution in [-0.4, -0.2) is 95.3 Å². The third kappa shape index (κ3) is 24.2. The van der Waals surface area contributed by atoms with E-state index in [2.05, 4.69) is 41.9 Å². The van der Waals surface area contributed by atoms with Gasteiger partial charge in [0.15, 0.2) is 0 Å². The number of azide groups is 1. The quantitative estimate of drug-likeness (QED) is 0.0200. The smallest absolute Gasteiger partial charge is 0.408 e. The largest absolute Gasteiger partial charge is 0.461 e. The van der Waals surface area contributed by atoms with Crippen molar-refractivity contribution in [3.05, 3.63) is 82.2 Å². The first kappa shape index (κ1) is 61.1. The van der Waals surface area contributed by atoms with Gasteiger partial charge in [-0.25, -0.2) is 4.79 Å². The van der Waals surface area contributed by atoms with E-state index in [1.807, 2.05) is 33.8 Å². The number of amides is 7. The minimum Gasteiger partial charge on any atom is -0.461 e. The molecular weight excluding hydrogens is 931 g/mol. The summed E-state index contributed by atoms with van der Waals surface area (Å²) >= 11 is 0. The molecule has 0 aromatic heterocycles. The van der Waals surface area contributed by atoms with E-state index in [0.717, 1.165) is 5.56 Å². The predicted octanol–water partition coefficient (Wildman–Crippen LogP) is 5.59. The van der Waals surface area contributed by atoms with Gasteiger partial charge in [-0.05, 0) is 91.9 Å². The van der Waals surface area contributed by atoms with E-state index < -0.39 is 108 Å².